The van der Waals surface area contributed by atoms with Crippen molar-refractivity contribution in [3.05, 3.63) is 22.4 Å². The topological polar surface area (TPSA) is 35.2 Å². The predicted molar refractivity (Wildman–Crippen MR) is 57.0 cm³/mol. The van der Waals surface area contributed by atoms with E-state index in [1.807, 2.05) is 18.4 Å². The standard InChI is InChI=1S/C10H17NOS/c1-3-8(12-4-2)10(11)9-6-5-7-13-9/h5-8,10H,3-4,11H2,1-2H3. The molecule has 2 atom stereocenters. The molecule has 1 aromatic heterocycles. The van der Waals surface area contributed by atoms with E-state index in [0.29, 0.717) is 0 Å². The lowest BCUT2D eigenvalue weighted by molar-refractivity contribution is 0.0421. The van der Waals surface area contributed by atoms with Crippen LogP contribution in [-0.2, 0) is 4.74 Å². The van der Waals surface area contributed by atoms with Crippen LogP contribution in [0.5, 0.6) is 0 Å². The number of hydrogen-bond acceptors (Lipinski definition) is 3. The van der Waals surface area contributed by atoms with Crippen LogP contribution in [0.1, 0.15) is 31.2 Å². The minimum absolute atomic E-state index is 0.0324. The summed E-state index contributed by atoms with van der Waals surface area (Å²) in [5.41, 5.74) is 6.07. The van der Waals surface area contributed by atoms with Crippen molar-refractivity contribution >= 4 is 11.3 Å². The molecular formula is C10H17NOS. The molecule has 0 aliphatic heterocycles. The Morgan fingerprint density at radius 2 is 2.31 bits per heavy atom. The van der Waals surface area contributed by atoms with Crippen LogP contribution >= 0.6 is 11.3 Å². The van der Waals surface area contributed by atoms with Crippen molar-refractivity contribution in [1.29, 1.82) is 0 Å². The average Bonchev–Trinajstić information content (AvgIpc) is 2.65. The molecule has 0 amide bonds. The van der Waals surface area contributed by atoms with Gasteiger partial charge in [-0.25, -0.2) is 0 Å². The first-order valence-corrected chi connectivity index (χ1v) is 5.58. The summed E-state index contributed by atoms with van der Waals surface area (Å²) in [4.78, 5) is 1.21. The lowest BCUT2D eigenvalue weighted by Crippen LogP contribution is -2.27. The van der Waals surface area contributed by atoms with Crippen molar-refractivity contribution in [1.82, 2.24) is 0 Å². The van der Waals surface area contributed by atoms with E-state index in [2.05, 4.69) is 13.0 Å². The van der Waals surface area contributed by atoms with Gasteiger partial charge in [0.25, 0.3) is 0 Å². The summed E-state index contributed by atoms with van der Waals surface area (Å²) in [5, 5.41) is 2.05. The molecule has 0 aliphatic rings. The van der Waals surface area contributed by atoms with Crippen molar-refractivity contribution in [3.8, 4) is 0 Å². The third kappa shape index (κ3) is 2.79. The molecule has 1 aromatic rings. The second-order valence-corrected chi connectivity index (χ2v) is 3.92. The van der Waals surface area contributed by atoms with Gasteiger partial charge >= 0.3 is 0 Å². The summed E-state index contributed by atoms with van der Waals surface area (Å²) >= 11 is 1.70. The Bertz CT molecular complexity index is 223. The predicted octanol–water partition coefficient (Wildman–Crippen LogP) is 2.56. The zero-order valence-electron chi connectivity index (χ0n) is 8.19. The molecule has 2 unspecified atom stereocenters. The van der Waals surface area contributed by atoms with Gasteiger partial charge in [-0.1, -0.05) is 13.0 Å². The second kappa shape index (κ2) is 5.37. The number of ether oxygens (including phenoxy) is 1. The van der Waals surface area contributed by atoms with Crippen molar-refractivity contribution in [2.75, 3.05) is 6.61 Å². The highest BCUT2D eigenvalue weighted by Gasteiger charge is 2.18. The highest BCUT2D eigenvalue weighted by molar-refractivity contribution is 7.10. The molecule has 3 heteroatoms. The number of thiophene rings is 1. The molecule has 0 aliphatic carbocycles. The molecule has 0 saturated carbocycles. The minimum Gasteiger partial charge on any atom is -0.377 e. The van der Waals surface area contributed by atoms with Crippen LogP contribution in [-0.4, -0.2) is 12.7 Å². The molecule has 0 aromatic carbocycles. The van der Waals surface area contributed by atoms with Gasteiger partial charge in [-0.05, 0) is 24.8 Å². The maximum atomic E-state index is 6.07. The quantitative estimate of drug-likeness (QED) is 0.791. The van der Waals surface area contributed by atoms with Crippen LogP contribution in [0.15, 0.2) is 17.5 Å². The Morgan fingerprint density at radius 1 is 1.54 bits per heavy atom. The van der Waals surface area contributed by atoms with Crippen LogP contribution in [0.3, 0.4) is 0 Å². The molecule has 74 valence electrons. The van der Waals surface area contributed by atoms with E-state index >= 15 is 0 Å². The molecule has 2 N–H and O–H groups in total. The van der Waals surface area contributed by atoms with Crippen LogP contribution in [0.4, 0.5) is 0 Å². The fourth-order valence-corrected chi connectivity index (χ4v) is 2.13. The van der Waals surface area contributed by atoms with Gasteiger partial charge in [-0.15, -0.1) is 11.3 Å². The maximum Gasteiger partial charge on any atom is 0.0772 e. The van der Waals surface area contributed by atoms with Gasteiger partial charge in [0, 0.05) is 11.5 Å². The molecule has 0 bridgehead atoms. The number of hydrogen-bond donors (Lipinski definition) is 1. The van der Waals surface area contributed by atoms with Crippen molar-refractivity contribution in [2.24, 2.45) is 5.73 Å². The lowest BCUT2D eigenvalue weighted by atomic mass is 10.1. The van der Waals surface area contributed by atoms with Gasteiger partial charge in [0.2, 0.25) is 0 Å². The van der Waals surface area contributed by atoms with E-state index in [1.165, 1.54) is 4.88 Å². The Kier molecular flexibility index (Phi) is 4.42. The summed E-state index contributed by atoms with van der Waals surface area (Å²) in [7, 11) is 0. The van der Waals surface area contributed by atoms with Gasteiger partial charge in [0.15, 0.2) is 0 Å². The van der Waals surface area contributed by atoms with E-state index < -0.39 is 0 Å². The van der Waals surface area contributed by atoms with Crippen LogP contribution in [0.25, 0.3) is 0 Å². The van der Waals surface area contributed by atoms with E-state index in [9.17, 15) is 0 Å². The first-order chi connectivity index (χ1) is 6.29. The van der Waals surface area contributed by atoms with Gasteiger partial charge in [0.05, 0.1) is 12.1 Å². The molecule has 0 saturated heterocycles. The summed E-state index contributed by atoms with van der Waals surface area (Å²) in [6, 6.07) is 4.13. The Labute approximate surface area is 83.7 Å². The van der Waals surface area contributed by atoms with Gasteiger partial charge in [-0.3, -0.25) is 0 Å². The van der Waals surface area contributed by atoms with Gasteiger partial charge in [0.1, 0.15) is 0 Å². The smallest absolute Gasteiger partial charge is 0.0772 e. The first kappa shape index (κ1) is 10.7. The zero-order chi connectivity index (χ0) is 9.68. The highest BCUT2D eigenvalue weighted by atomic mass is 32.1. The Morgan fingerprint density at radius 3 is 2.77 bits per heavy atom. The normalized spacial score (nSPS) is 15.6. The van der Waals surface area contributed by atoms with Crippen LogP contribution in [0.2, 0.25) is 0 Å². The Hall–Kier alpha value is -0.380. The van der Waals surface area contributed by atoms with E-state index in [0.717, 1.165) is 13.0 Å². The molecule has 1 rings (SSSR count). The Balaban J connectivity index is 2.58. The van der Waals surface area contributed by atoms with Gasteiger partial charge in [-0.2, -0.15) is 0 Å². The lowest BCUT2D eigenvalue weighted by Gasteiger charge is -2.21. The zero-order valence-corrected chi connectivity index (χ0v) is 9.01. The largest absolute Gasteiger partial charge is 0.377 e. The van der Waals surface area contributed by atoms with Crippen molar-refractivity contribution in [3.63, 3.8) is 0 Å². The summed E-state index contributed by atoms with van der Waals surface area (Å²) in [5.74, 6) is 0. The maximum absolute atomic E-state index is 6.07. The molecule has 2 nitrogen and oxygen atoms in total. The summed E-state index contributed by atoms with van der Waals surface area (Å²) in [6.45, 7) is 4.84. The highest BCUT2D eigenvalue weighted by Crippen LogP contribution is 2.23. The average molecular weight is 199 g/mol. The van der Waals surface area contributed by atoms with E-state index in [4.69, 9.17) is 10.5 Å². The number of rotatable bonds is 5. The summed E-state index contributed by atoms with van der Waals surface area (Å²) < 4.78 is 5.56. The molecule has 0 fully saturated rings. The third-order valence-electron chi connectivity index (χ3n) is 2.06. The fraction of sp³-hybridized carbons (Fsp3) is 0.600. The van der Waals surface area contributed by atoms with Crippen molar-refractivity contribution in [2.45, 2.75) is 32.4 Å². The van der Waals surface area contributed by atoms with Crippen LogP contribution in [0, 0.1) is 0 Å². The monoisotopic (exact) mass is 199 g/mol. The SMILES string of the molecule is CCOC(CC)C(N)c1cccs1. The summed E-state index contributed by atoms with van der Waals surface area (Å²) in [6.07, 6.45) is 1.12. The second-order valence-electron chi connectivity index (χ2n) is 2.94. The molecule has 0 radical (unpaired) electrons. The fourth-order valence-electron chi connectivity index (χ4n) is 1.35. The number of nitrogens with two attached hydrogens (primary N) is 1. The van der Waals surface area contributed by atoms with E-state index in [-0.39, 0.29) is 12.1 Å². The molecule has 1 heterocycles. The van der Waals surface area contributed by atoms with Crippen molar-refractivity contribution < 1.29 is 4.74 Å². The molecule has 13 heavy (non-hydrogen) atoms. The third-order valence-corrected chi connectivity index (χ3v) is 3.03. The molecule has 0 spiro atoms. The van der Waals surface area contributed by atoms with Crippen LogP contribution < -0.4 is 5.73 Å². The minimum atomic E-state index is 0.0324. The van der Waals surface area contributed by atoms with Gasteiger partial charge < -0.3 is 10.5 Å². The molecular weight excluding hydrogens is 182 g/mol. The van der Waals surface area contributed by atoms with E-state index in [1.54, 1.807) is 11.3 Å². The first-order valence-electron chi connectivity index (χ1n) is 4.70.